The van der Waals surface area contributed by atoms with Crippen LogP contribution in [0.2, 0.25) is 0 Å². The number of amides is 1. The Hall–Kier alpha value is -2.14. The van der Waals surface area contributed by atoms with Crippen LogP contribution in [0.5, 0.6) is 0 Å². The molecular formula is C16H19N3O2. The molecule has 0 radical (unpaired) electrons. The van der Waals surface area contributed by atoms with Crippen LogP contribution in [-0.4, -0.2) is 45.4 Å². The minimum absolute atomic E-state index is 0.00521. The maximum atomic E-state index is 12.6. The largest absolute Gasteiger partial charge is 0.396 e. The van der Waals surface area contributed by atoms with E-state index >= 15 is 0 Å². The monoisotopic (exact) mass is 285 g/mol. The van der Waals surface area contributed by atoms with Gasteiger partial charge in [0.05, 0.1) is 23.1 Å². The lowest BCUT2D eigenvalue weighted by atomic mass is 10.1. The summed E-state index contributed by atoms with van der Waals surface area (Å²) in [6.07, 6.45) is 2.51. The minimum Gasteiger partial charge on any atom is -0.396 e. The van der Waals surface area contributed by atoms with Gasteiger partial charge in [0.25, 0.3) is 5.91 Å². The van der Waals surface area contributed by atoms with E-state index in [1.54, 1.807) is 15.8 Å². The number of carbonyl (C=O) groups is 1. The van der Waals surface area contributed by atoms with Gasteiger partial charge in [-0.15, -0.1) is 0 Å². The first kappa shape index (κ1) is 13.8. The SMILES string of the molecule is Cc1c(C(=O)N2CCC(CO)C2)cnn1-c1ccccc1. The highest BCUT2D eigenvalue weighted by Crippen LogP contribution is 2.21. The first-order valence-electron chi connectivity index (χ1n) is 7.21. The molecule has 3 rings (SSSR count). The number of aliphatic hydroxyl groups excluding tert-OH is 1. The van der Waals surface area contributed by atoms with Gasteiger partial charge in [0.1, 0.15) is 0 Å². The average molecular weight is 285 g/mol. The third-order valence-corrected chi connectivity index (χ3v) is 4.07. The second-order valence-electron chi connectivity index (χ2n) is 5.48. The van der Waals surface area contributed by atoms with Crippen molar-refractivity contribution in [2.45, 2.75) is 13.3 Å². The van der Waals surface area contributed by atoms with Crippen molar-refractivity contribution in [2.75, 3.05) is 19.7 Å². The average Bonchev–Trinajstić information content (AvgIpc) is 3.14. The number of benzene rings is 1. The van der Waals surface area contributed by atoms with Crippen LogP contribution in [0, 0.1) is 12.8 Å². The zero-order chi connectivity index (χ0) is 14.8. The number of para-hydroxylation sites is 1. The van der Waals surface area contributed by atoms with Crippen molar-refractivity contribution in [3.63, 3.8) is 0 Å². The number of likely N-dealkylation sites (tertiary alicyclic amines) is 1. The Morgan fingerprint density at radius 3 is 2.81 bits per heavy atom. The zero-order valence-corrected chi connectivity index (χ0v) is 12.1. The van der Waals surface area contributed by atoms with Crippen LogP contribution in [-0.2, 0) is 0 Å². The van der Waals surface area contributed by atoms with Crippen LogP contribution in [0.15, 0.2) is 36.5 Å². The fourth-order valence-electron chi connectivity index (χ4n) is 2.79. The second-order valence-corrected chi connectivity index (χ2v) is 5.48. The lowest BCUT2D eigenvalue weighted by molar-refractivity contribution is 0.0781. The van der Waals surface area contributed by atoms with Crippen molar-refractivity contribution in [3.8, 4) is 5.69 Å². The van der Waals surface area contributed by atoms with E-state index in [-0.39, 0.29) is 18.4 Å². The van der Waals surface area contributed by atoms with Gasteiger partial charge in [-0.2, -0.15) is 5.10 Å². The Morgan fingerprint density at radius 2 is 2.14 bits per heavy atom. The molecule has 1 saturated heterocycles. The van der Waals surface area contributed by atoms with E-state index in [1.807, 2.05) is 37.3 Å². The summed E-state index contributed by atoms with van der Waals surface area (Å²) < 4.78 is 1.78. The smallest absolute Gasteiger partial charge is 0.257 e. The van der Waals surface area contributed by atoms with Gasteiger partial charge in [-0.25, -0.2) is 4.68 Å². The van der Waals surface area contributed by atoms with E-state index in [4.69, 9.17) is 0 Å². The Balaban J connectivity index is 1.84. The molecule has 5 heteroatoms. The molecule has 1 N–H and O–H groups in total. The number of nitrogens with zero attached hydrogens (tertiary/aromatic N) is 3. The van der Waals surface area contributed by atoms with Crippen molar-refractivity contribution in [2.24, 2.45) is 5.92 Å². The zero-order valence-electron chi connectivity index (χ0n) is 12.1. The first-order valence-corrected chi connectivity index (χ1v) is 7.21. The molecule has 1 fully saturated rings. The molecule has 0 spiro atoms. The summed E-state index contributed by atoms with van der Waals surface area (Å²) in [5, 5.41) is 13.5. The maximum Gasteiger partial charge on any atom is 0.257 e. The number of hydrogen-bond acceptors (Lipinski definition) is 3. The Morgan fingerprint density at radius 1 is 1.38 bits per heavy atom. The van der Waals surface area contributed by atoms with Gasteiger partial charge in [-0.1, -0.05) is 18.2 Å². The third kappa shape index (κ3) is 2.56. The first-order chi connectivity index (χ1) is 10.2. The van der Waals surface area contributed by atoms with Crippen molar-refractivity contribution >= 4 is 5.91 Å². The van der Waals surface area contributed by atoms with Crippen molar-refractivity contribution < 1.29 is 9.90 Å². The Kier molecular flexibility index (Phi) is 3.75. The fourth-order valence-corrected chi connectivity index (χ4v) is 2.79. The molecule has 21 heavy (non-hydrogen) atoms. The van der Waals surface area contributed by atoms with E-state index in [9.17, 15) is 9.90 Å². The molecule has 0 aliphatic carbocycles. The van der Waals surface area contributed by atoms with E-state index in [2.05, 4.69) is 5.10 Å². The molecule has 1 aliphatic heterocycles. The summed E-state index contributed by atoms with van der Waals surface area (Å²) in [6, 6.07) is 9.78. The Bertz CT molecular complexity index is 636. The molecule has 1 unspecified atom stereocenters. The second kappa shape index (κ2) is 5.69. The molecule has 1 aromatic heterocycles. The van der Waals surface area contributed by atoms with E-state index in [1.165, 1.54) is 0 Å². The van der Waals surface area contributed by atoms with Crippen LogP contribution in [0.1, 0.15) is 22.5 Å². The molecule has 1 aromatic carbocycles. The van der Waals surface area contributed by atoms with Crippen LogP contribution in [0.3, 0.4) is 0 Å². The topological polar surface area (TPSA) is 58.4 Å². The van der Waals surface area contributed by atoms with Gasteiger partial charge in [0.2, 0.25) is 0 Å². The Labute approximate surface area is 123 Å². The number of aliphatic hydroxyl groups is 1. The summed E-state index contributed by atoms with van der Waals surface area (Å²) in [6.45, 7) is 3.39. The summed E-state index contributed by atoms with van der Waals surface area (Å²) in [5.74, 6) is 0.212. The van der Waals surface area contributed by atoms with Gasteiger partial charge < -0.3 is 10.0 Å². The van der Waals surface area contributed by atoms with Crippen molar-refractivity contribution in [3.05, 3.63) is 47.8 Å². The predicted octanol–water partition coefficient (Wildman–Crippen LogP) is 1.64. The lowest BCUT2D eigenvalue weighted by Gasteiger charge is -2.15. The van der Waals surface area contributed by atoms with Crippen molar-refractivity contribution in [1.82, 2.24) is 14.7 Å². The fraction of sp³-hybridized carbons (Fsp3) is 0.375. The van der Waals surface area contributed by atoms with E-state index in [0.29, 0.717) is 18.7 Å². The van der Waals surface area contributed by atoms with Crippen LogP contribution < -0.4 is 0 Å². The van der Waals surface area contributed by atoms with Gasteiger partial charge in [-0.3, -0.25) is 4.79 Å². The summed E-state index contributed by atoms with van der Waals surface area (Å²) in [5.41, 5.74) is 2.43. The van der Waals surface area contributed by atoms with Gasteiger partial charge in [-0.05, 0) is 25.5 Å². The molecule has 2 aromatic rings. The predicted molar refractivity (Wildman–Crippen MR) is 79.4 cm³/mol. The highest BCUT2D eigenvalue weighted by molar-refractivity contribution is 5.95. The summed E-state index contributed by atoms with van der Waals surface area (Å²) in [7, 11) is 0. The van der Waals surface area contributed by atoms with Gasteiger partial charge in [0.15, 0.2) is 0 Å². The molecule has 2 heterocycles. The van der Waals surface area contributed by atoms with Crippen molar-refractivity contribution in [1.29, 1.82) is 0 Å². The highest BCUT2D eigenvalue weighted by Gasteiger charge is 2.28. The summed E-state index contributed by atoms with van der Waals surface area (Å²) >= 11 is 0. The molecule has 110 valence electrons. The van der Waals surface area contributed by atoms with Gasteiger partial charge >= 0.3 is 0 Å². The molecule has 0 saturated carbocycles. The standard InChI is InChI=1S/C16H19N3O2/c1-12-15(16(21)18-8-7-13(10-18)11-20)9-17-19(12)14-5-3-2-4-6-14/h2-6,9,13,20H,7-8,10-11H2,1H3. The number of aromatic nitrogens is 2. The quantitative estimate of drug-likeness (QED) is 0.932. The number of rotatable bonds is 3. The number of hydrogen-bond donors (Lipinski definition) is 1. The number of carbonyl (C=O) groups excluding carboxylic acids is 1. The summed E-state index contributed by atoms with van der Waals surface area (Å²) in [4.78, 5) is 14.4. The third-order valence-electron chi connectivity index (χ3n) is 4.07. The lowest BCUT2D eigenvalue weighted by Crippen LogP contribution is -2.29. The molecular weight excluding hydrogens is 266 g/mol. The van der Waals surface area contributed by atoms with E-state index in [0.717, 1.165) is 17.8 Å². The van der Waals surface area contributed by atoms with Crippen LogP contribution in [0.4, 0.5) is 0 Å². The van der Waals surface area contributed by atoms with Crippen LogP contribution >= 0.6 is 0 Å². The molecule has 0 bridgehead atoms. The molecule has 1 amide bonds. The van der Waals surface area contributed by atoms with E-state index < -0.39 is 0 Å². The molecule has 1 atom stereocenters. The van der Waals surface area contributed by atoms with Crippen LogP contribution in [0.25, 0.3) is 5.69 Å². The molecule has 1 aliphatic rings. The minimum atomic E-state index is 0.00521. The highest BCUT2D eigenvalue weighted by atomic mass is 16.3. The maximum absolute atomic E-state index is 12.6. The van der Waals surface area contributed by atoms with Gasteiger partial charge in [0, 0.05) is 25.6 Å². The molecule has 5 nitrogen and oxygen atoms in total. The normalized spacial score (nSPS) is 18.2.